The third-order valence-corrected chi connectivity index (χ3v) is 2.98. The SMILES string of the molecule is CCc1nc(CC2CCCNCC2)no1. The van der Waals surface area contributed by atoms with E-state index in [9.17, 15) is 0 Å². The van der Waals surface area contributed by atoms with Crippen molar-refractivity contribution in [1.29, 1.82) is 0 Å². The molecule has 0 amide bonds. The topological polar surface area (TPSA) is 51.0 Å². The van der Waals surface area contributed by atoms with Crippen molar-refractivity contribution in [1.82, 2.24) is 15.5 Å². The number of hydrogen-bond acceptors (Lipinski definition) is 4. The zero-order chi connectivity index (χ0) is 10.5. The maximum absolute atomic E-state index is 5.11. The molecule has 1 unspecified atom stereocenters. The lowest BCUT2D eigenvalue weighted by atomic mass is 9.97. The number of nitrogens with zero attached hydrogens (tertiary/aromatic N) is 2. The molecule has 0 spiro atoms. The Labute approximate surface area is 90.4 Å². The van der Waals surface area contributed by atoms with Gasteiger partial charge in [0.05, 0.1) is 0 Å². The molecule has 15 heavy (non-hydrogen) atoms. The lowest BCUT2D eigenvalue weighted by Crippen LogP contribution is -2.14. The Morgan fingerprint density at radius 1 is 1.40 bits per heavy atom. The van der Waals surface area contributed by atoms with Crippen LogP contribution < -0.4 is 5.32 Å². The maximum atomic E-state index is 5.11. The van der Waals surface area contributed by atoms with E-state index in [1.807, 2.05) is 6.92 Å². The molecule has 0 bridgehead atoms. The van der Waals surface area contributed by atoms with Gasteiger partial charge < -0.3 is 9.84 Å². The van der Waals surface area contributed by atoms with E-state index in [4.69, 9.17) is 4.52 Å². The molecule has 4 heteroatoms. The standard InChI is InChI=1S/C11H19N3O/c1-2-11-13-10(14-15-11)8-9-4-3-6-12-7-5-9/h9,12H,2-8H2,1H3. The molecule has 4 nitrogen and oxygen atoms in total. The van der Waals surface area contributed by atoms with Crippen molar-refractivity contribution in [2.24, 2.45) is 5.92 Å². The lowest BCUT2D eigenvalue weighted by molar-refractivity contribution is 0.369. The van der Waals surface area contributed by atoms with Gasteiger partial charge in [0.25, 0.3) is 0 Å². The highest BCUT2D eigenvalue weighted by Crippen LogP contribution is 2.17. The van der Waals surface area contributed by atoms with Crippen LogP contribution in [0.1, 0.15) is 37.9 Å². The third-order valence-electron chi connectivity index (χ3n) is 2.98. The molecule has 1 fully saturated rings. The molecular formula is C11H19N3O. The van der Waals surface area contributed by atoms with E-state index < -0.39 is 0 Å². The maximum Gasteiger partial charge on any atom is 0.226 e. The molecule has 1 atom stereocenters. The number of hydrogen-bond donors (Lipinski definition) is 1. The van der Waals surface area contributed by atoms with Crippen LogP contribution in [0.4, 0.5) is 0 Å². The Hall–Kier alpha value is -0.900. The summed E-state index contributed by atoms with van der Waals surface area (Å²) in [5.41, 5.74) is 0. The highest BCUT2D eigenvalue weighted by molar-refractivity contribution is 4.88. The molecule has 2 rings (SSSR count). The average Bonchev–Trinajstić information content (AvgIpc) is 2.54. The summed E-state index contributed by atoms with van der Waals surface area (Å²) in [7, 11) is 0. The molecule has 1 saturated heterocycles. The van der Waals surface area contributed by atoms with Gasteiger partial charge in [-0.2, -0.15) is 4.98 Å². The minimum Gasteiger partial charge on any atom is -0.339 e. The van der Waals surface area contributed by atoms with Crippen LogP contribution in [-0.2, 0) is 12.8 Å². The summed E-state index contributed by atoms with van der Waals surface area (Å²) >= 11 is 0. The summed E-state index contributed by atoms with van der Waals surface area (Å²) in [5, 5.41) is 7.42. The Morgan fingerprint density at radius 2 is 2.33 bits per heavy atom. The summed E-state index contributed by atoms with van der Waals surface area (Å²) in [5.74, 6) is 2.37. The molecule has 1 aromatic heterocycles. The van der Waals surface area contributed by atoms with E-state index in [0.717, 1.165) is 43.6 Å². The first-order chi connectivity index (χ1) is 7.38. The Bertz CT molecular complexity index is 290. The van der Waals surface area contributed by atoms with E-state index >= 15 is 0 Å². The van der Waals surface area contributed by atoms with E-state index in [2.05, 4.69) is 15.5 Å². The fraction of sp³-hybridized carbons (Fsp3) is 0.818. The molecule has 84 valence electrons. The first-order valence-electron chi connectivity index (χ1n) is 5.90. The molecule has 0 aliphatic carbocycles. The first kappa shape index (κ1) is 10.6. The molecule has 0 radical (unpaired) electrons. The van der Waals surface area contributed by atoms with Crippen LogP contribution in [0.15, 0.2) is 4.52 Å². The molecule has 2 heterocycles. The highest BCUT2D eigenvalue weighted by atomic mass is 16.5. The number of nitrogens with one attached hydrogen (secondary N) is 1. The van der Waals surface area contributed by atoms with Crippen molar-refractivity contribution in [2.75, 3.05) is 13.1 Å². The minimum absolute atomic E-state index is 0.724. The van der Waals surface area contributed by atoms with Crippen LogP contribution in [0.5, 0.6) is 0 Å². The Kier molecular flexibility index (Phi) is 3.72. The van der Waals surface area contributed by atoms with Crippen molar-refractivity contribution >= 4 is 0 Å². The summed E-state index contributed by atoms with van der Waals surface area (Å²) in [6, 6.07) is 0. The highest BCUT2D eigenvalue weighted by Gasteiger charge is 2.15. The van der Waals surface area contributed by atoms with Gasteiger partial charge in [-0.15, -0.1) is 0 Å². The molecule has 1 aromatic rings. The van der Waals surface area contributed by atoms with Crippen LogP contribution in [0.2, 0.25) is 0 Å². The zero-order valence-electron chi connectivity index (χ0n) is 9.33. The van der Waals surface area contributed by atoms with Crippen molar-refractivity contribution in [2.45, 2.75) is 39.0 Å². The molecule has 0 aromatic carbocycles. The van der Waals surface area contributed by atoms with Gasteiger partial charge >= 0.3 is 0 Å². The second-order valence-electron chi connectivity index (χ2n) is 4.21. The van der Waals surface area contributed by atoms with Gasteiger partial charge in [-0.05, 0) is 38.3 Å². The monoisotopic (exact) mass is 209 g/mol. The van der Waals surface area contributed by atoms with E-state index in [1.165, 1.54) is 19.3 Å². The quantitative estimate of drug-likeness (QED) is 0.821. The fourth-order valence-corrected chi connectivity index (χ4v) is 2.07. The zero-order valence-corrected chi connectivity index (χ0v) is 9.33. The predicted molar refractivity (Wildman–Crippen MR) is 57.6 cm³/mol. The predicted octanol–water partition coefficient (Wildman–Crippen LogP) is 1.56. The Morgan fingerprint density at radius 3 is 3.13 bits per heavy atom. The number of aryl methyl sites for hydroxylation is 1. The van der Waals surface area contributed by atoms with Gasteiger partial charge in [0.2, 0.25) is 5.89 Å². The van der Waals surface area contributed by atoms with Gasteiger partial charge in [0.15, 0.2) is 5.82 Å². The molecule has 0 saturated carbocycles. The van der Waals surface area contributed by atoms with E-state index in [-0.39, 0.29) is 0 Å². The summed E-state index contributed by atoms with van der Waals surface area (Å²) in [4.78, 5) is 4.36. The van der Waals surface area contributed by atoms with Crippen LogP contribution in [0.25, 0.3) is 0 Å². The van der Waals surface area contributed by atoms with Crippen LogP contribution in [0.3, 0.4) is 0 Å². The van der Waals surface area contributed by atoms with Gasteiger partial charge in [-0.1, -0.05) is 12.1 Å². The number of aromatic nitrogens is 2. The average molecular weight is 209 g/mol. The van der Waals surface area contributed by atoms with Crippen molar-refractivity contribution in [3.05, 3.63) is 11.7 Å². The molecule has 1 aliphatic heterocycles. The molecule has 1 aliphatic rings. The van der Waals surface area contributed by atoms with Crippen molar-refractivity contribution in [3.63, 3.8) is 0 Å². The molecular weight excluding hydrogens is 190 g/mol. The summed E-state index contributed by atoms with van der Waals surface area (Å²) < 4.78 is 5.11. The van der Waals surface area contributed by atoms with Gasteiger partial charge in [-0.3, -0.25) is 0 Å². The van der Waals surface area contributed by atoms with Gasteiger partial charge in [-0.25, -0.2) is 0 Å². The van der Waals surface area contributed by atoms with E-state index in [1.54, 1.807) is 0 Å². The summed E-state index contributed by atoms with van der Waals surface area (Å²) in [6.07, 6.45) is 5.59. The second-order valence-corrected chi connectivity index (χ2v) is 4.21. The van der Waals surface area contributed by atoms with Crippen LogP contribution in [0, 0.1) is 5.92 Å². The Balaban J connectivity index is 1.89. The van der Waals surface area contributed by atoms with E-state index in [0.29, 0.717) is 0 Å². The largest absolute Gasteiger partial charge is 0.339 e. The number of rotatable bonds is 3. The smallest absolute Gasteiger partial charge is 0.226 e. The van der Waals surface area contributed by atoms with Crippen molar-refractivity contribution in [3.8, 4) is 0 Å². The fourth-order valence-electron chi connectivity index (χ4n) is 2.07. The van der Waals surface area contributed by atoms with Crippen LogP contribution in [-0.4, -0.2) is 23.2 Å². The van der Waals surface area contributed by atoms with Gasteiger partial charge in [0.1, 0.15) is 0 Å². The second kappa shape index (κ2) is 5.26. The normalized spacial score (nSPS) is 22.6. The lowest BCUT2D eigenvalue weighted by Gasteiger charge is -2.09. The first-order valence-corrected chi connectivity index (χ1v) is 5.90. The minimum atomic E-state index is 0.724. The van der Waals surface area contributed by atoms with Crippen molar-refractivity contribution < 1.29 is 4.52 Å². The third kappa shape index (κ3) is 3.02. The van der Waals surface area contributed by atoms with Gasteiger partial charge in [0, 0.05) is 12.8 Å². The van der Waals surface area contributed by atoms with Crippen LogP contribution >= 0.6 is 0 Å². The molecule has 1 N–H and O–H groups in total. The summed E-state index contributed by atoms with van der Waals surface area (Å²) in [6.45, 7) is 4.32.